The lowest BCUT2D eigenvalue weighted by Gasteiger charge is -1.98. The lowest BCUT2D eigenvalue weighted by atomic mass is 10.1. The van der Waals surface area contributed by atoms with Crippen molar-refractivity contribution in [1.29, 1.82) is 5.26 Å². The van der Waals surface area contributed by atoms with E-state index in [0.717, 1.165) is 29.3 Å². The molecule has 1 aromatic carbocycles. The van der Waals surface area contributed by atoms with Crippen LogP contribution in [0.5, 0.6) is 0 Å². The summed E-state index contributed by atoms with van der Waals surface area (Å²) in [6.07, 6.45) is 0.844. The van der Waals surface area contributed by atoms with Crippen molar-refractivity contribution in [1.82, 2.24) is 4.98 Å². The van der Waals surface area contributed by atoms with Gasteiger partial charge in [-0.15, -0.1) is 11.3 Å². The standard InChI is InChI=1S/C14H14N2OS/c1-2-17-7-6-14-16-13(10-18-14)12-5-3-4-11(8-12)9-15/h3-5,8,10H,2,6-7H2,1H3. The SMILES string of the molecule is CCOCCc1nc(-c2cccc(C#N)c2)cs1. The molecule has 0 saturated heterocycles. The Balaban J connectivity index is 2.11. The van der Waals surface area contributed by atoms with Crippen LogP contribution in [0.2, 0.25) is 0 Å². The number of hydrogen-bond acceptors (Lipinski definition) is 4. The number of hydrogen-bond donors (Lipinski definition) is 0. The van der Waals surface area contributed by atoms with Gasteiger partial charge in [0, 0.05) is 24.0 Å². The third kappa shape index (κ3) is 3.16. The summed E-state index contributed by atoms with van der Waals surface area (Å²) >= 11 is 1.63. The quantitative estimate of drug-likeness (QED) is 0.773. The van der Waals surface area contributed by atoms with Crippen molar-refractivity contribution < 1.29 is 4.74 Å². The third-order valence-electron chi connectivity index (χ3n) is 2.50. The van der Waals surface area contributed by atoms with Crippen molar-refractivity contribution in [3.8, 4) is 17.3 Å². The normalized spacial score (nSPS) is 10.2. The molecule has 3 nitrogen and oxygen atoms in total. The van der Waals surface area contributed by atoms with E-state index in [1.807, 2.05) is 30.5 Å². The Labute approximate surface area is 111 Å². The minimum Gasteiger partial charge on any atom is -0.381 e. The van der Waals surface area contributed by atoms with Gasteiger partial charge in [-0.1, -0.05) is 12.1 Å². The van der Waals surface area contributed by atoms with Crippen LogP contribution < -0.4 is 0 Å². The maximum absolute atomic E-state index is 8.87. The Hall–Kier alpha value is -1.70. The van der Waals surface area contributed by atoms with Crippen LogP contribution in [0, 0.1) is 11.3 Å². The zero-order chi connectivity index (χ0) is 12.8. The molecule has 2 rings (SSSR count). The highest BCUT2D eigenvalue weighted by Gasteiger charge is 2.05. The molecule has 0 aliphatic carbocycles. The molecule has 4 heteroatoms. The van der Waals surface area contributed by atoms with Gasteiger partial charge < -0.3 is 4.74 Å². The Morgan fingerprint density at radius 2 is 2.33 bits per heavy atom. The van der Waals surface area contributed by atoms with Gasteiger partial charge in [0.15, 0.2) is 0 Å². The number of nitriles is 1. The smallest absolute Gasteiger partial charge is 0.0991 e. The first-order chi connectivity index (χ1) is 8.83. The van der Waals surface area contributed by atoms with Crippen molar-refractivity contribution in [3.63, 3.8) is 0 Å². The number of ether oxygens (including phenoxy) is 1. The molecule has 0 bridgehead atoms. The van der Waals surface area contributed by atoms with Crippen molar-refractivity contribution in [2.45, 2.75) is 13.3 Å². The molecule has 0 radical (unpaired) electrons. The zero-order valence-electron chi connectivity index (χ0n) is 10.2. The molecule has 0 aliphatic rings. The third-order valence-corrected chi connectivity index (χ3v) is 3.41. The first-order valence-corrected chi connectivity index (χ1v) is 6.74. The Kier molecular flexibility index (Phi) is 4.46. The molecule has 0 unspecified atom stereocenters. The maximum Gasteiger partial charge on any atom is 0.0991 e. The van der Waals surface area contributed by atoms with Gasteiger partial charge in [0.2, 0.25) is 0 Å². The number of rotatable bonds is 5. The zero-order valence-corrected chi connectivity index (χ0v) is 11.0. The molecule has 92 valence electrons. The molecule has 0 atom stereocenters. The van der Waals surface area contributed by atoms with Crippen molar-refractivity contribution >= 4 is 11.3 Å². The fraction of sp³-hybridized carbons (Fsp3) is 0.286. The van der Waals surface area contributed by atoms with Gasteiger partial charge >= 0.3 is 0 Å². The van der Waals surface area contributed by atoms with Gasteiger partial charge in [-0.3, -0.25) is 0 Å². The van der Waals surface area contributed by atoms with E-state index in [1.165, 1.54) is 0 Å². The van der Waals surface area contributed by atoms with Crippen LogP contribution in [0.25, 0.3) is 11.3 Å². The summed E-state index contributed by atoms with van der Waals surface area (Å²) in [6.45, 7) is 3.44. The average Bonchev–Trinajstić information content (AvgIpc) is 2.88. The van der Waals surface area contributed by atoms with E-state index in [1.54, 1.807) is 17.4 Å². The number of nitrogens with zero attached hydrogens (tertiary/aromatic N) is 2. The summed E-state index contributed by atoms with van der Waals surface area (Å²) in [5.74, 6) is 0. The van der Waals surface area contributed by atoms with Gasteiger partial charge in [-0.25, -0.2) is 4.98 Å². The first-order valence-electron chi connectivity index (χ1n) is 5.86. The summed E-state index contributed by atoms with van der Waals surface area (Å²) in [7, 11) is 0. The number of thiazole rings is 1. The van der Waals surface area contributed by atoms with E-state index in [4.69, 9.17) is 10.00 Å². The predicted octanol–water partition coefficient (Wildman–Crippen LogP) is 3.26. The lowest BCUT2D eigenvalue weighted by Crippen LogP contribution is -1.97. The van der Waals surface area contributed by atoms with Crippen LogP contribution in [-0.2, 0) is 11.2 Å². The molecule has 0 amide bonds. The Morgan fingerprint density at radius 1 is 1.44 bits per heavy atom. The second kappa shape index (κ2) is 6.29. The molecule has 0 N–H and O–H groups in total. The van der Waals surface area contributed by atoms with Crippen molar-refractivity contribution in [2.75, 3.05) is 13.2 Å². The molecule has 1 aromatic heterocycles. The van der Waals surface area contributed by atoms with E-state index >= 15 is 0 Å². The topological polar surface area (TPSA) is 45.9 Å². The summed E-state index contributed by atoms with van der Waals surface area (Å²) in [5, 5.41) is 12.0. The van der Waals surface area contributed by atoms with Crippen LogP contribution in [0.3, 0.4) is 0 Å². The minimum atomic E-state index is 0.663. The second-order valence-corrected chi connectivity index (χ2v) is 4.71. The molecule has 0 fully saturated rings. The fourth-order valence-electron chi connectivity index (χ4n) is 1.61. The molecule has 0 spiro atoms. The van der Waals surface area contributed by atoms with E-state index < -0.39 is 0 Å². The average molecular weight is 258 g/mol. The van der Waals surface area contributed by atoms with Gasteiger partial charge in [0.25, 0.3) is 0 Å². The van der Waals surface area contributed by atoms with Crippen molar-refractivity contribution in [3.05, 3.63) is 40.2 Å². The second-order valence-electron chi connectivity index (χ2n) is 3.77. The summed E-state index contributed by atoms with van der Waals surface area (Å²) in [4.78, 5) is 4.56. The monoisotopic (exact) mass is 258 g/mol. The Morgan fingerprint density at radius 3 is 3.11 bits per heavy atom. The largest absolute Gasteiger partial charge is 0.381 e. The number of aromatic nitrogens is 1. The number of benzene rings is 1. The maximum atomic E-state index is 8.87. The molecule has 2 aromatic rings. The molecular formula is C14H14N2OS. The van der Waals surface area contributed by atoms with Crippen LogP contribution >= 0.6 is 11.3 Å². The highest BCUT2D eigenvalue weighted by Crippen LogP contribution is 2.22. The van der Waals surface area contributed by atoms with E-state index in [-0.39, 0.29) is 0 Å². The van der Waals surface area contributed by atoms with Gasteiger partial charge in [-0.2, -0.15) is 5.26 Å². The highest BCUT2D eigenvalue weighted by molar-refractivity contribution is 7.09. The Bertz CT molecular complexity index is 557. The van der Waals surface area contributed by atoms with E-state index in [9.17, 15) is 0 Å². The molecule has 0 aliphatic heterocycles. The van der Waals surface area contributed by atoms with E-state index in [2.05, 4.69) is 11.1 Å². The fourth-order valence-corrected chi connectivity index (χ4v) is 2.40. The van der Waals surface area contributed by atoms with Gasteiger partial charge in [0.1, 0.15) is 0 Å². The van der Waals surface area contributed by atoms with Crippen LogP contribution in [-0.4, -0.2) is 18.2 Å². The predicted molar refractivity (Wildman–Crippen MR) is 72.5 cm³/mol. The summed E-state index contributed by atoms with van der Waals surface area (Å²) in [5.41, 5.74) is 2.59. The van der Waals surface area contributed by atoms with Gasteiger partial charge in [-0.05, 0) is 19.1 Å². The molecule has 0 saturated carbocycles. The summed E-state index contributed by atoms with van der Waals surface area (Å²) in [6, 6.07) is 9.66. The lowest BCUT2D eigenvalue weighted by molar-refractivity contribution is 0.151. The van der Waals surface area contributed by atoms with E-state index in [0.29, 0.717) is 12.2 Å². The van der Waals surface area contributed by atoms with Crippen LogP contribution in [0.1, 0.15) is 17.5 Å². The van der Waals surface area contributed by atoms with Crippen LogP contribution in [0.15, 0.2) is 29.6 Å². The van der Waals surface area contributed by atoms with Crippen molar-refractivity contribution in [2.24, 2.45) is 0 Å². The highest BCUT2D eigenvalue weighted by atomic mass is 32.1. The van der Waals surface area contributed by atoms with Crippen LogP contribution in [0.4, 0.5) is 0 Å². The molecule has 1 heterocycles. The van der Waals surface area contributed by atoms with Gasteiger partial charge in [0.05, 0.1) is 28.9 Å². The minimum absolute atomic E-state index is 0.663. The molecule has 18 heavy (non-hydrogen) atoms. The first kappa shape index (κ1) is 12.7. The molecular weight excluding hydrogens is 244 g/mol. The summed E-state index contributed by atoms with van der Waals surface area (Å²) < 4.78 is 5.31.